The summed E-state index contributed by atoms with van der Waals surface area (Å²) in [6.07, 6.45) is 1.59. The first-order valence-corrected chi connectivity index (χ1v) is 9.20. The number of aliphatic imine (C=N–C) groups is 1. The molecule has 0 fully saturated rings. The number of hydrogen-bond donors (Lipinski definition) is 1. The Kier molecular flexibility index (Phi) is 4.87. The Balaban J connectivity index is 1.91. The summed E-state index contributed by atoms with van der Waals surface area (Å²) in [5.74, 6) is 0.597. The second-order valence-electron chi connectivity index (χ2n) is 6.72. The molecule has 5 heteroatoms. The maximum Gasteiger partial charge on any atom is 0.265 e. The quantitative estimate of drug-likeness (QED) is 0.516. The number of nitrogens with zero attached hydrogens (tertiary/aromatic N) is 2. The molecule has 4 rings (SSSR count). The lowest BCUT2D eigenvalue weighted by Crippen LogP contribution is -2.20. The maximum atomic E-state index is 13.1. The molecule has 0 aliphatic heterocycles. The van der Waals surface area contributed by atoms with Crippen molar-refractivity contribution in [3.8, 4) is 17.3 Å². The summed E-state index contributed by atoms with van der Waals surface area (Å²) in [4.78, 5) is 17.6. The molecule has 0 aliphatic rings. The number of ether oxygens (including phenoxy) is 1. The first kappa shape index (κ1) is 18.5. The molecule has 4 aromatic rings. The van der Waals surface area contributed by atoms with Gasteiger partial charge >= 0.3 is 0 Å². The van der Waals surface area contributed by atoms with Gasteiger partial charge in [-0.2, -0.15) is 0 Å². The van der Waals surface area contributed by atoms with Crippen molar-refractivity contribution >= 4 is 22.7 Å². The fourth-order valence-electron chi connectivity index (χ4n) is 3.23. The van der Waals surface area contributed by atoms with Crippen LogP contribution in [0.5, 0.6) is 11.6 Å². The van der Waals surface area contributed by atoms with Crippen LogP contribution in [-0.4, -0.2) is 23.0 Å². The second-order valence-corrected chi connectivity index (χ2v) is 6.72. The third-order valence-electron chi connectivity index (χ3n) is 4.81. The molecule has 1 aromatic heterocycles. The number of benzene rings is 3. The molecule has 1 N–H and O–H groups in total. The van der Waals surface area contributed by atoms with Crippen molar-refractivity contribution in [2.75, 3.05) is 7.11 Å². The third-order valence-corrected chi connectivity index (χ3v) is 4.81. The SMILES string of the molecule is COc1ccc(N=Cc2c(O)n(-c3ccc(C)cc3)c(=O)c3ccccc23)cc1. The number of aryl methyl sites for hydroxylation is 1. The van der Waals surface area contributed by atoms with Crippen LogP contribution in [0.15, 0.2) is 82.6 Å². The smallest absolute Gasteiger partial charge is 0.265 e. The van der Waals surface area contributed by atoms with Crippen LogP contribution in [0.2, 0.25) is 0 Å². The van der Waals surface area contributed by atoms with E-state index in [9.17, 15) is 9.90 Å². The van der Waals surface area contributed by atoms with E-state index in [1.54, 1.807) is 19.4 Å². The van der Waals surface area contributed by atoms with E-state index < -0.39 is 0 Å². The highest BCUT2D eigenvalue weighted by atomic mass is 16.5. The molecule has 0 radical (unpaired) electrons. The monoisotopic (exact) mass is 384 g/mol. The molecule has 0 saturated carbocycles. The molecule has 0 atom stereocenters. The maximum absolute atomic E-state index is 13.1. The number of pyridine rings is 1. The fourth-order valence-corrected chi connectivity index (χ4v) is 3.23. The number of fused-ring (bicyclic) bond motifs is 1. The van der Waals surface area contributed by atoms with Crippen molar-refractivity contribution in [2.45, 2.75) is 6.92 Å². The second kappa shape index (κ2) is 7.64. The van der Waals surface area contributed by atoms with Gasteiger partial charge in [0, 0.05) is 17.0 Å². The number of methoxy groups -OCH3 is 1. The van der Waals surface area contributed by atoms with E-state index in [0.717, 1.165) is 11.3 Å². The molecule has 144 valence electrons. The molecule has 0 bridgehead atoms. The number of aromatic hydroxyl groups is 1. The van der Waals surface area contributed by atoms with Gasteiger partial charge in [0.1, 0.15) is 5.75 Å². The van der Waals surface area contributed by atoms with Crippen LogP contribution in [0, 0.1) is 6.92 Å². The van der Waals surface area contributed by atoms with E-state index in [-0.39, 0.29) is 11.4 Å². The van der Waals surface area contributed by atoms with Crippen molar-refractivity contribution in [3.63, 3.8) is 0 Å². The first-order chi connectivity index (χ1) is 14.1. The Hall–Kier alpha value is -3.86. The molecule has 29 heavy (non-hydrogen) atoms. The summed E-state index contributed by atoms with van der Waals surface area (Å²) in [6, 6.07) is 21.9. The topological polar surface area (TPSA) is 63.8 Å². The van der Waals surface area contributed by atoms with E-state index in [0.29, 0.717) is 27.7 Å². The average Bonchev–Trinajstić information content (AvgIpc) is 2.75. The lowest BCUT2D eigenvalue weighted by molar-refractivity contribution is 0.415. The Morgan fingerprint density at radius 3 is 2.24 bits per heavy atom. The third kappa shape index (κ3) is 3.50. The molecule has 0 spiro atoms. The van der Waals surface area contributed by atoms with Crippen LogP contribution in [0.1, 0.15) is 11.1 Å². The van der Waals surface area contributed by atoms with E-state index in [2.05, 4.69) is 4.99 Å². The van der Waals surface area contributed by atoms with Gasteiger partial charge in [-0.15, -0.1) is 0 Å². The minimum atomic E-state index is -0.274. The Labute approximate surface area is 168 Å². The van der Waals surface area contributed by atoms with Crippen LogP contribution in [0.25, 0.3) is 16.5 Å². The summed E-state index contributed by atoms with van der Waals surface area (Å²) in [5, 5.41) is 12.2. The van der Waals surface area contributed by atoms with Gasteiger partial charge in [-0.05, 0) is 49.4 Å². The van der Waals surface area contributed by atoms with Crippen LogP contribution in [0.4, 0.5) is 5.69 Å². The molecule has 0 amide bonds. The average molecular weight is 384 g/mol. The lowest BCUT2D eigenvalue weighted by Gasteiger charge is -2.14. The van der Waals surface area contributed by atoms with Gasteiger partial charge in [0.15, 0.2) is 0 Å². The van der Waals surface area contributed by atoms with Crippen molar-refractivity contribution in [2.24, 2.45) is 4.99 Å². The number of aromatic nitrogens is 1. The zero-order valence-corrected chi connectivity index (χ0v) is 16.2. The van der Waals surface area contributed by atoms with Crippen molar-refractivity contribution in [1.82, 2.24) is 4.57 Å². The predicted octanol–water partition coefficient (Wildman–Crippen LogP) is 4.76. The van der Waals surface area contributed by atoms with Crippen LogP contribution >= 0.6 is 0 Å². The Morgan fingerprint density at radius 1 is 0.931 bits per heavy atom. The molecule has 5 nitrogen and oxygen atoms in total. The minimum Gasteiger partial charge on any atom is -0.497 e. The molecule has 0 unspecified atom stereocenters. The summed E-state index contributed by atoms with van der Waals surface area (Å²) in [7, 11) is 1.61. The fraction of sp³-hybridized carbons (Fsp3) is 0.0833. The molecule has 3 aromatic carbocycles. The minimum absolute atomic E-state index is 0.144. The number of rotatable bonds is 4. The van der Waals surface area contributed by atoms with E-state index >= 15 is 0 Å². The summed E-state index contributed by atoms with van der Waals surface area (Å²) >= 11 is 0. The Morgan fingerprint density at radius 2 is 1.59 bits per heavy atom. The van der Waals surface area contributed by atoms with E-state index in [4.69, 9.17) is 4.74 Å². The molecule has 1 heterocycles. The van der Waals surface area contributed by atoms with Gasteiger partial charge < -0.3 is 9.84 Å². The highest BCUT2D eigenvalue weighted by molar-refractivity contribution is 6.02. The molecular formula is C24H20N2O3. The zero-order valence-electron chi connectivity index (χ0n) is 16.2. The highest BCUT2D eigenvalue weighted by Gasteiger charge is 2.16. The van der Waals surface area contributed by atoms with Crippen LogP contribution in [-0.2, 0) is 0 Å². The predicted molar refractivity (Wildman–Crippen MR) is 116 cm³/mol. The zero-order chi connectivity index (χ0) is 20.4. The largest absolute Gasteiger partial charge is 0.497 e. The van der Waals surface area contributed by atoms with Gasteiger partial charge in [0.05, 0.1) is 24.0 Å². The van der Waals surface area contributed by atoms with Gasteiger partial charge in [-0.3, -0.25) is 9.79 Å². The standard InChI is InChI=1S/C24H20N2O3/c1-16-7-11-18(12-8-16)26-23(27)21-6-4-3-5-20(21)22(24(26)28)15-25-17-9-13-19(29-2)14-10-17/h3-15,28H,1-2H3. The van der Waals surface area contributed by atoms with Crippen LogP contribution in [0.3, 0.4) is 0 Å². The van der Waals surface area contributed by atoms with Gasteiger partial charge in [-0.25, -0.2) is 4.57 Å². The van der Waals surface area contributed by atoms with Crippen LogP contribution < -0.4 is 10.3 Å². The highest BCUT2D eigenvalue weighted by Crippen LogP contribution is 2.27. The summed E-state index contributed by atoms with van der Waals surface area (Å²) in [5.41, 5.74) is 2.59. The van der Waals surface area contributed by atoms with Crippen molar-refractivity contribution < 1.29 is 9.84 Å². The first-order valence-electron chi connectivity index (χ1n) is 9.20. The van der Waals surface area contributed by atoms with Gasteiger partial charge in [0.2, 0.25) is 5.88 Å². The molecule has 0 saturated heterocycles. The number of hydrogen-bond acceptors (Lipinski definition) is 4. The Bertz CT molecular complexity index is 1250. The molecule has 0 aliphatic carbocycles. The summed E-state index contributed by atoms with van der Waals surface area (Å²) in [6.45, 7) is 1.97. The van der Waals surface area contributed by atoms with E-state index in [1.165, 1.54) is 4.57 Å². The van der Waals surface area contributed by atoms with Gasteiger partial charge in [0.25, 0.3) is 5.56 Å². The normalized spacial score (nSPS) is 11.2. The molecular weight excluding hydrogens is 364 g/mol. The van der Waals surface area contributed by atoms with Crippen molar-refractivity contribution in [1.29, 1.82) is 0 Å². The lowest BCUT2D eigenvalue weighted by atomic mass is 10.1. The van der Waals surface area contributed by atoms with Crippen molar-refractivity contribution in [3.05, 3.63) is 94.3 Å². The van der Waals surface area contributed by atoms with Gasteiger partial charge in [-0.1, -0.05) is 35.9 Å². The van der Waals surface area contributed by atoms with E-state index in [1.807, 2.05) is 73.7 Å². The summed E-state index contributed by atoms with van der Waals surface area (Å²) < 4.78 is 6.48.